The van der Waals surface area contributed by atoms with Crippen LogP contribution in [0.15, 0.2) is 30.3 Å². The Bertz CT molecular complexity index is 223. The van der Waals surface area contributed by atoms with Crippen LogP contribution in [0.1, 0.15) is 10.4 Å². The van der Waals surface area contributed by atoms with E-state index in [0.29, 0.717) is 5.56 Å². The van der Waals surface area contributed by atoms with Crippen LogP contribution in [0.4, 0.5) is 0 Å². The third-order valence-corrected chi connectivity index (χ3v) is 1.02. The average molecular weight is 169 g/mol. The fourth-order valence-electron chi connectivity index (χ4n) is 0.581. The second-order valence-electron chi connectivity index (χ2n) is 1.91. The standard InChI is InChI=1S/C7H6O2.CH5NO/c8-7(9)6-4-2-1-3-5-6;1-3-2/h1-5H,(H,8,9);2H2,1H3. The molecule has 66 valence electrons. The molecule has 12 heavy (non-hydrogen) atoms. The lowest BCUT2D eigenvalue weighted by molar-refractivity contribution is 0.0697. The number of benzene rings is 1. The zero-order valence-corrected chi connectivity index (χ0v) is 6.73. The van der Waals surface area contributed by atoms with Crippen LogP contribution in [0.2, 0.25) is 0 Å². The van der Waals surface area contributed by atoms with E-state index in [2.05, 4.69) is 10.7 Å². The van der Waals surface area contributed by atoms with Crippen LogP contribution in [0.5, 0.6) is 0 Å². The lowest BCUT2D eigenvalue weighted by Crippen LogP contribution is -1.93. The number of hydrogen-bond donors (Lipinski definition) is 2. The summed E-state index contributed by atoms with van der Waals surface area (Å²) in [6.45, 7) is 0. The van der Waals surface area contributed by atoms with Crippen molar-refractivity contribution in [3.05, 3.63) is 35.9 Å². The average Bonchev–Trinajstić information content (AvgIpc) is 2.07. The number of carboxylic acid groups (broad SMARTS) is 1. The Kier molecular flexibility index (Phi) is 5.60. The van der Waals surface area contributed by atoms with Gasteiger partial charge in [0.15, 0.2) is 0 Å². The molecule has 0 radical (unpaired) electrons. The summed E-state index contributed by atoms with van der Waals surface area (Å²) < 4.78 is 0. The predicted molar refractivity (Wildman–Crippen MR) is 44.6 cm³/mol. The van der Waals surface area contributed by atoms with E-state index in [9.17, 15) is 4.79 Å². The van der Waals surface area contributed by atoms with Gasteiger partial charge in [0.1, 0.15) is 0 Å². The van der Waals surface area contributed by atoms with Crippen LogP contribution in [0.25, 0.3) is 0 Å². The van der Waals surface area contributed by atoms with Gasteiger partial charge < -0.3 is 9.94 Å². The summed E-state index contributed by atoms with van der Waals surface area (Å²) in [6.07, 6.45) is 0. The van der Waals surface area contributed by atoms with E-state index in [1.165, 1.54) is 7.11 Å². The summed E-state index contributed by atoms with van der Waals surface area (Å²) in [6, 6.07) is 8.30. The fourth-order valence-corrected chi connectivity index (χ4v) is 0.581. The van der Waals surface area contributed by atoms with Crippen LogP contribution >= 0.6 is 0 Å². The molecule has 1 aromatic rings. The second-order valence-corrected chi connectivity index (χ2v) is 1.91. The third-order valence-electron chi connectivity index (χ3n) is 1.02. The maximum Gasteiger partial charge on any atom is 0.335 e. The first-order valence-electron chi connectivity index (χ1n) is 3.23. The number of carboxylic acids is 1. The molecule has 0 bridgehead atoms. The predicted octanol–water partition coefficient (Wildman–Crippen LogP) is 0.891. The molecule has 1 aromatic carbocycles. The van der Waals surface area contributed by atoms with E-state index in [4.69, 9.17) is 5.11 Å². The zero-order valence-electron chi connectivity index (χ0n) is 6.73. The van der Waals surface area contributed by atoms with Crippen molar-refractivity contribution in [2.24, 2.45) is 5.90 Å². The monoisotopic (exact) mass is 169 g/mol. The summed E-state index contributed by atoms with van der Waals surface area (Å²) in [5, 5.41) is 8.38. The molecule has 0 saturated carbocycles. The van der Waals surface area contributed by atoms with Crippen molar-refractivity contribution in [3.63, 3.8) is 0 Å². The van der Waals surface area contributed by atoms with Crippen molar-refractivity contribution < 1.29 is 14.7 Å². The summed E-state index contributed by atoms with van der Waals surface area (Å²) in [7, 11) is 1.40. The maximum atomic E-state index is 10.2. The summed E-state index contributed by atoms with van der Waals surface area (Å²) in [5.74, 6) is 3.47. The Morgan fingerprint density at radius 1 is 1.42 bits per heavy atom. The van der Waals surface area contributed by atoms with Gasteiger partial charge in [0.2, 0.25) is 0 Å². The van der Waals surface area contributed by atoms with E-state index < -0.39 is 5.97 Å². The molecular formula is C8H11NO3. The molecule has 0 amide bonds. The Balaban J connectivity index is 0.000000354. The molecule has 0 saturated heterocycles. The molecule has 0 heterocycles. The topological polar surface area (TPSA) is 72.5 Å². The Morgan fingerprint density at radius 2 is 1.83 bits per heavy atom. The molecule has 4 heteroatoms. The molecule has 0 unspecified atom stereocenters. The van der Waals surface area contributed by atoms with Gasteiger partial charge in [0.25, 0.3) is 0 Å². The molecule has 0 aromatic heterocycles. The van der Waals surface area contributed by atoms with Gasteiger partial charge in [-0.25, -0.2) is 10.7 Å². The Morgan fingerprint density at radius 3 is 2.08 bits per heavy atom. The maximum absolute atomic E-state index is 10.2. The fraction of sp³-hybridized carbons (Fsp3) is 0.125. The van der Waals surface area contributed by atoms with Gasteiger partial charge in [0.05, 0.1) is 12.7 Å². The highest BCUT2D eigenvalue weighted by molar-refractivity contribution is 5.87. The van der Waals surface area contributed by atoms with Gasteiger partial charge in [-0.2, -0.15) is 0 Å². The normalized spacial score (nSPS) is 8.17. The number of rotatable bonds is 1. The van der Waals surface area contributed by atoms with Crippen LogP contribution in [-0.2, 0) is 4.84 Å². The minimum absolute atomic E-state index is 0.331. The van der Waals surface area contributed by atoms with Crippen LogP contribution in [0.3, 0.4) is 0 Å². The quantitative estimate of drug-likeness (QED) is 0.612. The first kappa shape index (κ1) is 10.6. The lowest BCUT2D eigenvalue weighted by atomic mass is 10.2. The SMILES string of the molecule is CON.O=C(O)c1ccccc1. The first-order chi connectivity index (χ1) is 5.72. The Hall–Kier alpha value is -1.39. The number of nitrogens with two attached hydrogens (primary N) is 1. The molecule has 0 atom stereocenters. The van der Waals surface area contributed by atoms with Crippen molar-refractivity contribution in [1.29, 1.82) is 0 Å². The van der Waals surface area contributed by atoms with E-state index in [-0.39, 0.29) is 0 Å². The second kappa shape index (κ2) is 6.33. The highest BCUT2D eigenvalue weighted by atomic mass is 16.6. The van der Waals surface area contributed by atoms with Crippen molar-refractivity contribution in [2.75, 3.05) is 7.11 Å². The molecule has 3 N–H and O–H groups in total. The van der Waals surface area contributed by atoms with Gasteiger partial charge in [-0.3, -0.25) is 0 Å². The van der Waals surface area contributed by atoms with E-state index in [0.717, 1.165) is 0 Å². The summed E-state index contributed by atoms with van der Waals surface area (Å²) in [4.78, 5) is 14.0. The van der Waals surface area contributed by atoms with Crippen LogP contribution in [-0.4, -0.2) is 18.2 Å². The van der Waals surface area contributed by atoms with Gasteiger partial charge >= 0.3 is 5.97 Å². The lowest BCUT2D eigenvalue weighted by Gasteiger charge is -1.88. The van der Waals surface area contributed by atoms with Gasteiger partial charge in [-0.05, 0) is 12.1 Å². The Labute approximate surface area is 70.5 Å². The number of carbonyl (C=O) groups is 1. The number of hydrogen-bond acceptors (Lipinski definition) is 3. The molecule has 0 spiro atoms. The van der Waals surface area contributed by atoms with Gasteiger partial charge in [-0.15, -0.1) is 0 Å². The van der Waals surface area contributed by atoms with Crippen molar-refractivity contribution in [1.82, 2.24) is 0 Å². The molecule has 0 aliphatic carbocycles. The molecular weight excluding hydrogens is 158 g/mol. The van der Waals surface area contributed by atoms with Crippen molar-refractivity contribution in [2.45, 2.75) is 0 Å². The van der Waals surface area contributed by atoms with Gasteiger partial charge in [0, 0.05) is 0 Å². The van der Waals surface area contributed by atoms with Crippen LogP contribution < -0.4 is 5.90 Å². The van der Waals surface area contributed by atoms with E-state index in [1.54, 1.807) is 30.3 Å². The highest BCUT2D eigenvalue weighted by Gasteiger charge is 1.96. The van der Waals surface area contributed by atoms with E-state index >= 15 is 0 Å². The minimum Gasteiger partial charge on any atom is -0.478 e. The van der Waals surface area contributed by atoms with E-state index in [1.807, 2.05) is 0 Å². The van der Waals surface area contributed by atoms with Crippen molar-refractivity contribution >= 4 is 5.97 Å². The molecule has 0 aliphatic rings. The third kappa shape index (κ3) is 4.43. The smallest absolute Gasteiger partial charge is 0.335 e. The summed E-state index contributed by atoms with van der Waals surface area (Å²) >= 11 is 0. The highest BCUT2D eigenvalue weighted by Crippen LogP contribution is 1.96. The zero-order chi connectivity index (χ0) is 9.40. The van der Waals surface area contributed by atoms with Crippen molar-refractivity contribution in [3.8, 4) is 0 Å². The molecule has 4 nitrogen and oxygen atoms in total. The molecule has 0 fully saturated rings. The largest absolute Gasteiger partial charge is 0.478 e. The van der Waals surface area contributed by atoms with Gasteiger partial charge in [-0.1, -0.05) is 18.2 Å². The minimum atomic E-state index is -0.879. The number of aromatic carboxylic acids is 1. The first-order valence-corrected chi connectivity index (χ1v) is 3.23. The summed E-state index contributed by atoms with van der Waals surface area (Å²) in [5.41, 5.74) is 0.331. The molecule has 1 rings (SSSR count). The molecule has 0 aliphatic heterocycles. The van der Waals surface area contributed by atoms with Crippen LogP contribution in [0, 0.1) is 0 Å².